The van der Waals surface area contributed by atoms with Gasteiger partial charge in [0.05, 0.1) is 10.7 Å². The molecule has 0 atom stereocenters. The first-order valence-corrected chi connectivity index (χ1v) is 7.98. The van der Waals surface area contributed by atoms with Gasteiger partial charge >= 0.3 is 0 Å². The van der Waals surface area contributed by atoms with E-state index in [1.165, 1.54) is 23.9 Å². The number of amides is 1. The molecule has 0 unspecified atom stereocenters. The van der Waals surface area contributed by atoms with Crippen LogP contribution in [0.3, 0.4) is 0 Å². The van der Waals surface area contributed by atoms with Crippen LogP contribution in [0.15, 0.2) is 35.7 Å². The summed E-state index contributed by atoms with van der Waals surface area (Å²) in [5.41, 5.74) is 0.694. The van der Waals surface area contributed by atoms with Crippen LogP contribution >= 0.6 is 11.8 Å². The number of thioether (sulfide) groups is 1. The van der Waals surface area contributed by atoms with E-state index in [4.69, 9.17) is 0 Å². The predicted octanol–water partition coefficient (Wildman–Crippen LogP) is 2.18. The topological polar surface area (TPSA) is 103 Å². The highest BCUT2D eigenvalue weighted by atomic mass is 32.2. The van der Waals surface area contributed by atoms with Crippen LogP contribution in [0, 0.1) is 10.1 Å². The highest BCUT2D eigenvalue weighted by molar-refractivity contribution is 7.99. The van der Waals surface area contributed by atoms with E-state index in [0.29, 0.717) is 10.7 Å². The van der Waals surface area contributed by atoms with Gasteiger partial charge in [0.25, 0.3) is 5.69 Å². The number of nitrogens with zero attached hydrogens (tertiary/aromatic N) is 4. The van der Waals surface area contributed by atoms with E-state index >= 15 is 0 Å². The Morgan fingerprint density at radius 2 is 2.26 bits per heavy atom. The minimum Gasteiger partial charge on any atom is -0.351 e. The van der Waals surface area contributed by atoms with Crippen molar-refractivity contribution in [3.05, 3.63) is 46.3 Å². The first-order chi connectivity index (χ1) is 11.0. The zero-order chi connectivity index (χ0) is 16.8. The van der Waals surface area contributed by atoms with E-state index in [1.807, 2.05) is 18.4 Å². The second-order valence-corrected chi connectivity index (χ2v) is 6.05. The van der Waals surface area contributed by atoms with Gasteiger partial charge in [-0.25, -0.2) is 0 Å². The van der Waals surface area contributed by atoms with Crippen LogP contribution < -0.4 is 5.32 Å². The molecule has 0 fully saturated rings. The molecule has 8 nitrogen and oxygen atoms in total. The summed E-state index contributed by atoms with van der Waals surface area (Å²) >= 11 is 1.30. The fourth-order valence-corrected chi connectivity index (χ4v) is 2.73. The Kier molecular flexibility index (Phi) is 5.69. The van der Waals surface area contributed by atoms with Crippen LogP contribution in [0.25, 0.3) is 0 Å². The molecule has 0 aliphatic heterocycles. The van der Waals surface area contributed by atoms with Crippen molar-refractivity contribution < 1.29 is 9.72 Å². The van der Waals surface area contributed by atoms with Gasteiger partial charge in [0, 0.05) is 24.7 Å². The first-order valence-electron chi connectivity index (χ1n) is 6.99. The lowest BCUT2D eigenvalue weighted by molar-refractivity contribution is -0.384. The van der Waals surface area contributed by atoms with Gasteiger partial charge in [0.2, 0.25) is 5.91 Å². The van der Waals surface area contributed by atoms with Crippen molar-refractivity contribution in [2.45, 2.75) is 31.6 Å². The van der Waals surface area contributed by atoms with E-state index in [1.54, 1.807) is 18.5 Å². The average molecular weight is 335 g/mol. The van der Waals surface area contributed by atoms with Crippen molar-refractivity contribution in [1.29, 1.82) is 0 Å². The van der Waals surface area contributed by atoms with Gasteiger partial charge in [0.1, 0.15) is 6.33 Å². The Morgan fingerprint density at radius 1 is 1.48 bits per heavy atom. The van der Waals surface area contributed by atoms with Crippen LogP contribution in [0.5, 0.6) is 0 Å². The first kappa shape index (κ1) is 16.9. The number of hydrogen-bond acceptors (Lipinski definition) is 6. The summed E-state index contributed by atoms with van der Waals surface area (Å²) in [5, 5.41) is 22.0. The fraction of sp³-hybridized carbons (Fsp3) is 0.357. The molecule has 0 spiro atoms. The third-order valence-electron chi connectivity index (χ3n) is 3.04. The molecule has 1 amide bonds. The van der Waals surface area contributed by atoms with Crippen molar-refractivity contribution in [1.82, 2.24) is 20.1 Å². The number of rotatable bonds is 7. The summed E-state index contributed by atoms with van der Waals surface area (Å²) < 4.78 is 1.89. The van der Waals surface area contributed by atoms with Gasteiger partial charge in [-0.15, -0.1) is 10.2 Å². The zero-order valence-electron chi connectivity index (χ0n) is 12.8. The van der Waals surface area contributed by atoms with Gasteiger partial charge in [-0.2, -0.15) is 0 Å². The largest absolute Gasteiger partial charge is 0.351 e. The Balaban J connectivity index is 1.84. The summed E-state index contributed by atoms with van der Waals surface area (Å²) in [6.45, 7) is 4.27. The molecule has 1 heterocycles. The van der Waals surface area contributed by atoms with E-state index in [9.17, 15) is 14.9 Å². The van der Waals surface area contributed by atoms with Gasteiger partial charge in [-0.3, -0.25) is 14.9 Å². The Bertz CT molecular complexity index is 701. The Labute approximate surface area is 137 Å². The zero-order valence-corrected chi connectivity index (χ0v) is 13.6. The van der Waals surface area contributed by atoms with E-state index < -0.39 is 4.92 Å². The Hall–Kier alpha value is -2.42. The highest BCUT2D eigenvalue weighted by Crippen LogP contribution is 2.18. The Morgan fingerprint density at radius 3 is 2.96 bits per heavy atom. The molecular weight excluding hydrogens is 318 g/mol. The quantitative estimate of drug-likeness (QED) is 0.472. The van der Waals surface area contributed by atoms with E-state index in [0.717, 1.165) is 0 Å². The monoisotopic (exact) mass is 335 g/mol. The number of nitrogens with one attached hydrogen (secondary N) is 1. The van der Waals surface area contributed by atoms with Crippen molar-refractivity contribution in [2.24, 2.45) is 0 Å². The number of benzene rings is 1. The molecule has 0 bridgehead atoms. The van der Waals surface area contributed by atoms with Crippen molar-refractivity contribution >= 4 is 23.4 Å². The minimum absolute atomic E-state index is 0.0103. The molecule has 2 rings (SSSR count). The number of hydrogen-bond donors (Lipinski definition) is 1. The maximum absolute atomic E-state index is 11.9. The molecule has 0 saturated carbocycles. The lowest BCUT2D eigenvalue weighted by Crippen LogP contribution is -2.24. The summed E-state index contributed by atoms with van der Waals surface area (Å²) in [7, 11) is 0. The maximum Gasteiger partial charge on any atom is 0.269 e. The van der Waals surface area contributed by atoms with Crippen LogP contribution in [0.2, 0.25) is 0 Å². The van der Waals surface area contributed by atoms with E-state index in [-0.39, 0.29) is 29.9 Å². The minimum atomic E-state index is -0.458. The van der Waals surface area contributed by atoms with Gasteiger partial charge in [-0.05, 0) is 19.4 Å². The number of non-ortho nitro benzene ring substituents is 1. The lowest BCUT2D eigenvalue weighted by atomic mass is 10.2. The molecule has 1 N–H and O–H groups in total. The predicted molar refractivity (Wildman–Crippen MR) is 86.1 cm³/mol. The summed E-state index contributed by atoms with van der Waals surface area (Å²) in [6, 6.07) is 6.42. The molecule has 0 saturated heterocycles. The van der Waals surface area contributed by atoms with E-state index in [2.05, 4.69) is 15.5 Å². The normalized spacial score (nSPS) is 10.7. The standard InChI is InChI=1S/C14H17N5O3S/c1-10(2)18-9-16-17-14(18)23-8-13(20)15-7-11-4-3-5-12(6-11)19(21)22/h3-6,9-10H,7-8H2,1-2H3,(H,15,20). The molecule has 0 aliphatic rings. The third kappa shape index (κ3) is 4.78. The second kappa shape index (κ2) is 7.73. The molecule has 122 valence electrons. The molecule has 23 heavy (non-hydrogen) atoms. The van der Waals surface area contributed by atoms with Crippen LogP contribution in [-0.4, -0.2) is 31.3 Å². The highest BCUT2D eigenvalue weighted by Gasteiger charge is 2.11. The molecule has 0 radical (unpaired) electrons. The van der Waals surface area contributed by atoms with Crippen LogP contribution in [0.4, 0.5) is 5.69 Å². The number of nitro groups is 1. The smallest absolute Gasteiger partial charge is 0.269 e. The van der Waals surface area contributed by atoms with Crippen molar-refractivity contribution in [3.8, 4) is 0 Å². The molecule has 1 aromatic carbocycles. The number of nitro benzene ring substituents is 1. The number of aromatic nitrogens is 3. The fourth-order valence-electron chi connectivity index (χ4n) is 1.85. The third-order valence-corrected chi connectivity index (χ3v) is 4.00. The number of carbonyl (C=O) groups excluding carboxylic acids is 1. The van der Waals surface area contributed by atoms with Gasteiger partial charge in [0.15, 0.2) is 5.16 Å². The van der Waals surface area contributed by atoms with Gasteiger partial charge < -0.3 is 9.88 Å². The number of carbonyl (C=O) groups is 1. The molecule has 9 heteroatoms. The SMILES string of the molecule is CC(C)n1cnnc1SCC(=O)NCc1cccc([N+](=O)[O-])c1. The molecule has 2 aromatic rings. The van der Waals surface area contributed by atoms with Crippen molar-refractivity contribution in [3.63, 3.8) is 0 Å². The second-order valence-electron chi connectivity index (χ2n) is 5.11. The lowest BCUT2D eigenvalue weighted by Gasteiger charge is -2.09. The van der Waals surface area contributed by atoms with Crippen LogP contribution in [-0.2, 0) is 11.3 Å². The molecular formula is C14H17N5O3S. The molecule has 0 aliphatic carbocycles. The van der Waals surface area contributed by atoms with Gasteiger partial charge in [-0.1, -0.05) is 23.9 Å². The maximum atomic E-state index is 11.9. The van der Waals surface area contributed by atoms with Crippen molar-refractivity contribution in [2.75, 3.05) is 5.75 Å². The molecule has 1 aromatic heterocycles. The summed E-state index contributed by atoms with van der Waals surface area (Å²) in [4.78, 5) is 22.1. The summed E-state index contributed by atoms with van der Waals surface area (Å²) in [6.07, 6.45) is 1.63. The summed E-state index contributed by atoms with van der Waals surface area (Å²) in [5.74, 6) is 0.0418. The average Bonchev–Trinajstić information content (AvgIpc) is 3.00. The van der Waals surface area contributed by atoms with Crippen LogP contribution in [0.1, 0.15) is 25.5 Å².